The molecule has 8 heteroatoms. The normalized spacial score (nSPS) is 16.2. The third-order valence-electron chi connectivity index (χ3n) is 6.18. The zero-order chi connectivity index (χ0) is 26.0. The molecule has 0 amide bonds. The van der Waals surface area contributed by atoms with E-state index in [9.17, 15) is 10.2 Å². The Morgan fingerprint density at radius 3 is 2.56 bits per heavy atom. The summed E-state index contributed by atoms with van der Waals surface area (Å²) in [5.74, 6) is -0.589. The first-order chi connectivity index (χ1) is 17.2. The lowest BCUT2D eigenvalue weighted by atomic mass is 9.91. The Bertz CT molecular complexity index is 1370. The topological polar surface area (TPSA) is 114 Å². The fourth-order valence-electron chi connectivity index (χ4n) is 4.28. The highest BCUT2D eigenvalue weighted by atomic mass is 35.5. The number of dihydropyridines is 1. The van der Waals surface area contributed by atoms with Gasteiger partial charge in [-0.05, 0) is 55.8 Å². The van der Waals surface area contributed by atoms with Crippen LogP contribution in [0.4, 0.5) is 10.1 Å². The smallest absolute Gasteiger partial charge is 0.133 e. The van der Waals surface area contributed by atoms with Gasteiger partial charge in [-0.3, -0.25) is 0 Å². The third kappa shape index (κ3) is 5.08. The van der Waals surface area contributed by atoms with Crippen molar-refractivity contribution in [2.24, 2.45) is 0 Å². The number of phenolic OH excluding ortho intramolecular Hbond substituents is 1. The maximum Gasteiger partial charge on any atom is 0.133 e. The number of phenols is 1. The number of halogens is 2. The lowest BCUT2D eigenvalue weighted by Gasteiger charge is -2.32. The first kappa shape index (κ1) is 25.3. The number of anilines is 1. The molecule has 6 nitrogen and oxygen atoms in total. The van der Waals surface area contributed by atoms with E-state index in [1.807, 2.05) is 37.3 Å². The molecule has 0 fully saturated rings. The summed E-state index contributed by atoms with van der Waals surface area (Å²) in [6, 6.07) is 16.3. The Hall–Kier alpha value is -3.81. The van der Waals surface area contributed by atoms with Crippen molar-refractivity contribution in [2.75, 3.05) is 12.3 Å². The second kappa shape index (κ2) is 10.4. The van der Waals surface area contributed by atoms with Gasteiger partial charge in [0.25, 0.3) is 0 Å². The van der Waals surface area contributed by atoms with E-state index in [2.05, 4.69) is 10.6 Å². The third-order valence-corrected chi connectivity index (χ3v) is 6.42. The highest BCUT2D eigenvalue weighted by molar-refractivity contribution is 6.30. The molecule has 0 spiro atoms. The number of allylic oxidation sites excluding steroid dienone is 2. The monoisotopic (exact) mass is 506 g/mol. The first-order valence-electron chi connectivity index (χ1n) is 11.5. The van der Waals surface area contributed by atoms with E-state index in [0.717, 1.165) is 5.56 Å². The summed E-state index contributed by atoms with van der Waals surface area (Å²) in [7, 11) is 0. The zero-order valence-electron chi connectivity index (χ0n) is 19.9. The van der Waals surface area contributed by atoms with Crippen LogP contribution in [-0.2, 0) is 0 Å². The van der Waals surface area contributed by atoms with Crippen LogP contribution in [0, 0.1) is 11.2 Å². The Morgan fingerprint density at radius 2 is 1.89 bits per heavy atom. The Morgan fingerprint density at radius 1 is 1.17 bits per heavy atom. The van der Waals surface area contributed by atoms with Crippen molar-refractivity contribution in [1.82, 2.24) is 10.6 Å². The molecule has 0 aromatic heterocycles. The largest absolute Gasteiger partial charge is 0.507 e. The molecule has 1 aliphatic rings. The van der Waals surface area contributed by atoms with Gasteiger partial charge in [-0.1, -0.05) is 41.9 Å². The molecule has 1 aliphatic heterocycles. The maximum absolute atomic E-state index is 15.4. The number of aromatic hydroxyl groups is 1. The molecule has 1 heterocycles. The number of rotatable bonds is 7. The molecule has 0 radical (unpaired) electrons. The molecule has 186 valence electrons. The summed E-state index contributed by atoms with van der Waals surface area (Å²) in [5.41, 5.74) is 9.91. The second-order valence-electron chi connectivity index (χ2n) is 8.75. The average Bonchev–Trinajstić information content (AvgIpc) is 2.85. The lowest BCUT2D eigenvalue weighted by Crippen LogP contribution is -2.38. The van der Waals surface area contributed by atoms with Crippen LogP contribution in [0.3, 0.4) is 0 Å². The average molecular weight is 507 g/mol. The molecule has 4 rings (SSSR count). The van der Waals surface area contributed by atoms with Crippen molar-refractivity contribution < 1.29 is 14.6 Å². The molecular weight excluding hydrogens is 479 g/mol. The summed E-state index contributed by atoms with van der Waals surface area (Å²) < 4.78 is 15.4. The number of nitrogen functional groups attached to an aromatic ring is 1. The highest BCUT2D eigenvalue weighted by Gasteiger charge is 2.27. The maximum atomic E-state index is 15.4. The van der Waals surface area contributed by atoms with Gasteiger partial charge < -0.3 is 32.0 Å². The summed E-state index contributed by atoms with van der Waals surface area (Å²) in [6.07, 6.45) is 1.79. The molecule has 0 saturated heterocycles. The number of nitrogens with two attached hydrogens (primary N) is 1. The SMILES string of the molecule is CC(=N)c1cc(C2=C(c3cc(Cl)ccc3O)NC(C)C(NC(CO)c3ccccc3)=C2)c(F)cc1N. The van der Waals surface area contributed by atoms with E-state index in [0.29, 0.717) is 33.1 Å². The molecule has 2 unspecified atom stereocenters. The second-order valence-corrected chi connectivity index (χ2v) is 9.19. The standard InChI is InChI=1S/C28H28ClFN4O2/c1-15(31)19-11-20(23(30)13-24(19)32)21-12-25(34-26(14-35)17-6-4-3-5-7-17)16(2)33-28(21)22-10-18(29)8-9-27(22)36/h3-13,16,26,31,33-36H,14,32H2,1-2H3. The predicted molar refractivity (Wildman–Crippen MR) is 143 cm³/mol. The lowest BCUT2D eigenvalue weighted by molar-refractivity contribution is 0.250. The first-order valence-corrected chi connectivity index (χ1v) is 11.9. The fourth-order valence-corrected chi connectivity index (χ4v) is 4.45. The Balaban J connectivity index is 1.92. The van der Waals surface area contributed by atoms with Gasteiger partial charge in [0.15, 0.2) is 0 Å². The highest BCUT2D eigenvalue weighted by Crippen LogP contribution is 2.38. The minimum Gasteiger partial charge on any atom is -0.507 e. The van der Waals surface area contributed by atoms with Crippen molar-refractivity contribution in [3.63, 3.8) is 0 Å². The summed E-state index contributed by atoms with van der Waals surface area (Å²) in [6.45, 7) is 3.35. The van der Waals surface area contributed by atoms with Crippen LogP contribution in [0.25, 0.3) is 11.3 Å². The van der Waals surface area contributed by atoms with Crippen LogP contribution in [0.1, 0.15) is 42.1 Å². The molecule has 3 aromatic rings. The van der Waals surface area contributed by atoms with E-state index in [1.165, 1.54) is 18.2 Å². The number of aliphatic hydroxyl groups excluding tert-OH is 1. The molecule has 2 atom stereocenters. The zero-order valence-corrected chi connectivity index (χ0v) is 20.7. The van der Waals surface area contributed by atoms with E-state index >= 15 is 4.39 Å². The van der Waals surface area contributed by atoms with Gasteiger partial charge in [-0.25, -0.2) is 4.39 Å². The van der Waals surface area contributed by atoms with Crippen LogP contribution in [0.15, 0.2) is 72.4 Å². The van der Waals surface area contributed by atoms with Crippen LogP contribution in [0.2, 0.25) is 5.02 Å². The number of hydrogen-bond donors (Lipinski definition) is 6. The molecule has 0 bridgehead atoms. The van der Waals surface area contributed by atoms with Crippen LogP contribution < -0.4 is 16.4 Å². The van der Waals surface area contributed by atoms with Gasteiger partial charge in [-0.15, -0.1) is 0 Å². The van der Waals surface area contributed by atoms with Crippen molar-refractivity contribution in [3.8, 4) is 5.75 Å². The van der Waals surface area contributed by atoms with Gasteiger partial charge in [-0.2, -0.15) is 0 Å². The fraction of sp³-hybridized carbons (Fsp3) is 0.179. The summed E-state index contributed by atoms with van der Waals surface area (Å²) in [5, 5.41) is 35.9. The number of hydrogen-bond acceptors (Lipinski definition) is 6. The van der Waals surface area contributed by atoms with E-state index in [4.69, 9.17) is 22.7 Å². The molecule has 7 N–H and O–H groups in total. The number of benzene rings is 3. The van der Waals surface area contributed by atoms with Gasteiger partial charge >= 0.3 is 0 Å². The van der Waals surface area contributed by atoms with Crippen LogP contribution in [-0.4, -0.2) is 28.6 Å². The summed E-state index contributed by atoms with van der Waals surface area (Å²) >= 11 is 6.23. The number of nitrogens with one attached hydrogen (secondary N) is 3. The number of aliphatic hydroxyl groups is 1. The van der Waals surface area contributed by atoms with Gasteiger partial charge in [0, 0.05) is 44.4 Å². The molecule has 36 heavy (non-hydrogen) atoms. The van der Waals surface area contributed by atoms with Crippen molar-refractivity contribution in [3.05, 3.63) is 106 Å². The van der Waals surface area contributed by atoms with Crippen LogP contribution in [0.5, 0.6) is 5.75 Å². The molecular formula is C28H28ClFN4O2. The Labute approximate surface area is 214 Å². The van der Waals surface area contributed by atoms with Crippen molar-refractivity contribution in [1.29, 1.82) is 5.41 Å². The summed E-state index contributed by atoms with van der Waals surface area (Å²) in [4.78, 5) is 0. The van der Waals surface area contributed by atoms with Gasteiger partial charge in [0.2, 0.25) is 0 Å². The Kier molecular flexibility index (Phi) is 7.33. The van der Waals surface area contributed by atoms with Crippen molar-refractivity contribution >= 4 is 34.3 Å². The van der Waals surface area contributed by atoms with Crippen molar-refractivity contribution in [2.45, 2.75) is 25.9 Å². The van der Waals surface area contributed by atoms with Gasteiger partial charge in [0.1, 0.15) is 11.6 Å². The van der Waals surface area contributed by atoms with Crippen LogP contribution >= 0.6 is 11.6 Å². The van der Waals surface area contributed by atoms with E-state index in [1.54, 1.807) is 25.1 Å². The molecule has 0 aliphatic carbocycles. The minimum atomic E-state index is -0.569. The minimum absolute atomic E-state index is 0.0201. The predicted octanol–water partition coefficient (Wildman–Crippen LogP) is 5.22. The quantitative estimate of drug-likeness (QED) is 0.194. The van der Waals surface area contributed by atoms with E-state index in [-0.39, 0.29) is 41.4 Å². The molecule has 3 aromatic carbocycles. The van der Waals surface area contributed by atoms with E-state index < -0.39 is 5.82 Å². The van der Waals surface area contributed by atoms with Gasteiger partial charge in [0.05, 0.1) is 24.4 Å². The molecule has 0 saturated carbocycles.